The number of hydrogen-bond donors (Lipinski definition) is 1. The van der Waals surface area contributed by atoms with Gasteiger partial charge in [-0.15, -0.1) is 0 Å². The maximum Gasteiger partial charge on any atom is 0.254 e. The zero-order valence-electron chi connectivity index (χ0n) is 12.0. The van der Waals surface area contributed by atoms with Gasteiger partial charge in [-0.25, -0.2) is 4.39 Å². The molecule has 5 heteroatoms. The Labute approximate surface area is 133 Å². The SMILES string of the molecule is O=C(c1cc(F)cc(Br)c1)N1CCNCC12CCCCC2. The normalized spacial score (nSPS) is 21.5. The first-order chi connectivity index (χ1) is 10.1. The Morgan fingerprint density at radius 3 is 2.71 bits per heavy atom. The number of nitrogens with one attached hydrogen (secondary N) is 1. The number of carbonyl (C=O) groups excluding carboxylic acids is 1. The summed E-state index contributed by atoms with van der Waals surface area (Å²) in [5.74, 6) is -0.417. The Hall–Kier alpha value is -0.940. The quantitative estimate of drug-likeness (QED) is 0.838. The maximum absolute atomic E-state index is 13.6. The zero-order chi connectivity index (χ0) is 14.9. The van der Waals surface area contributed by atoms with Crippen LogP contribution in [0.5, 0.6) is 0 Å². The lowest BCUT2D eigenvalue weighted by molar-refractivity contribution is 0.0222. The maximum atomic E-state index is 13.6. The summed E-state index contributed by atoms with van der Waals surface area (Å²) in [5.41, 5.74) is 0.362. The van der Waals surface area contributed by atoms with Gasteiger partial charge in [0.15, 0.2) is 0 Å². The largest absolute Gasteiger partial charge is 0.330 e. The van der Waals surface area contributed by atoms with Crippen molar-refractivity contribution < 1.29 is 9.18 Å². The molecular formula is C16H20BrFN2O. The van der Waals surface area contributed by atoms with Gasteiger partial charge >= 0.3 is 0 Å². The Kier molecular flexibility index (Phi) is 4.31. The molecule has 21 heavy (non-hydrogen) atoms. The van der Waals surface area contributed by atoms with E-state index in [9.17, 15) is 9.18 Å². The van der Waals surface area contributed by atoms with E-state index < -0.39 is 0 Å². The van der Waals surface area contributed by atoms with E-state index in [1.54, 1.807) is 6.07 Å². The second-order valence-electron chi connectivity index (χ2n) is 6.08. The van der Waals surface area contributed by atoms with Crippen LogP contribution in [-0.4, -0.2) is 36.0 Å². The van der Waals surface area contributed by atoms with Crippen molar-refractivity contribution in [2.45, 2.75) is 37.6 Å². The molecule has 1 heterocycles. The predicted molar refractivity (Wildman–Crippen MR) is 83.8 cm³/mol. The van der Waals surface area contributed by atoms with Crippen LogP contribution >= 0.6 is 15.9 Å². The molecule has 1 N–H and O–H groups in total. The van der Waals surface area contributed by atoms with Crippen molar-refractivity contribution in [1.82, 2.24) is 10.2 Å². The first-order valence-electron chi connectivity index (χ1n) is 7.60. The highest BCUT2D eigenvalue weighted by atomic mass is 79.9. The van der Waals surface area contributed by atoms with Crippen LogP contribution in [0.3, 0.4) is 0 Å². The summed E-state index contributed by atoms with van der Waals surface area (Å²) >= 11 is 3.27. The van der Waals surface area contributed by atoms with E-state index in [-0.39, 0.29) is 17.3 Å². The Balaban J connectivity index is 1.90. The minimum absolute atomic E-state index is 0.0430. The lowest BCUT2D eigenvalue weighted by Crippen LogP contribution is -2.63. The second kappa shape index (κ2) is 6.05. The van der Waals surface area contributed by atoms with Crippen LogP contribution in [0.25, 0.3) is 0 Å². The second-order valence-corrected chi connectivity index (χ2v) is 6.99. The van der Waals surface area contributed by atoms with Gasteiger partial charge in [0.2, 0.25) is 0 Å². The van der Waals surface area contributed by atoms with E-state index in [4.69, 9.17) is 0 Å². The third kappa shape index (κ3) is 2.99. The van der Waals surface area contributed by atoms with E-state index in [0.29, 0.717) is 16.6 Å². The first-order valence-corrected chi connectivity index (χ1v) is 8.39. The highest BCUT2D eigenvalue weighted by Crippen LogP contribution is 2.35. The molecule has 1 aromatic rings. The fraction of sp³-hybridized carbons (Fsp3) is 0.562. The lowest BCUT2D eigenvalue weighted by atomic mass is 9.78. The molecule has 2 aliphatic rings. The average Bonchev–Trinajstić information content (AvgIpc) is 2.47. The van der Waals surface area contributed by atoms with Gasteiger partial charge in [-0.1, -0.05) is 35.2 Å². The van der Waals surface area contributed by atoms with Crippen molar-refractivity contribution in [3.05, 3.63) is 34.1 Å². The van der Waals surface area contributed by atoms with Crippen LogP contribution in [0.15, 0.2) is 22.7 Å². The van der Waals surface area contributed by atoms with Gasteiger partial charge in [-0.2, -0.15) is 0 Å². The van der Waals surface area contributed by atoms with Crippen LogP contribution in [0.2, 0.25) is 0 Å². The summed E-state index contributed by atoms with van der Waals surface area (Å²) in [7, 11) is 0. The highest BCUT2D eigenvalue weighted by molar-refractivity contribution is 9.10. The summed E-state index contributed by atoms with van der Waals surface area (Å²) < 4.78 is 14.2. The van der Waals surface area contributed by atoms with Crippen molar-refractivity contribution in [2.24, 2.45) is 0 Å². The smallest absolute Gasteiger partial charge is 0.254 e. The molecule has 0 atom stereocenters. The summed E-state index contributed by atoms with van der Waals surface area (Å²) in [6.07, 6.45) is 5.66. The Morgan fingerprint density at radius 2 is 2.00 bits per heavy atom. The number of halogens is 2. The molecular weight excluding hydrogens is 335 g/mol. The molecule has 2 fully saturated rings. The van der Waals surface area contributed by atoms with Crippen molar-refractivity contribution >= 4 is 21.8 Å². The summed E-state index contributed by atoms with van der Waals surface area (Å²) in [5, 5.41) is 3.43. The van der Waals surface area contributed by atoms with Crippen LogP contribution in [0.1, 0.15) is 42.5 Å². The minimum atomic E-state index is -0.374. The molecule has 1 aliphatic heterocycles. The molecule has 3 rings (SSSR count). The van der Waals surface area contributed by atoms with Gasteiger partial charge in [0.1, 0.15) is 5.82 Å². The van der Waals surface area contributed by atoms with Gasteiger partial charge in [0.05, 0.1) is 5.54 Å². The lowest BCUT2D eigenvalue weighted by Gasteiger charge is -2.49. The van der Waals surface area contributed by atoms with Gasteiger partial charge < -0.3 is 10.2 Å². The van der Waals surface area contributed by atoms with Gasteiger partial charge in [-0.3, -0.25) is 4.79 Å². The Morgan fingerprint density at radius 1 is 1.24 bits per heavy atom. The molecule has 1 spiro atoms. The van der Waals surface area contributed by atoms with Crippen molar-refractivity contribution in [3.8, 4) is 0 Å². The number of nitrogens with zero attached hydrogens (tertiary/aromatic N) is 1. The number of rotatable bonds is 1. The molecule has 0 radical (unpaired) electrons. The molecule has 1 aliphatic carbocycles. The van der Waals surface area contributed by atoms with Gasteiger partial charge in [0.25, 0.3) is 5.91 Å². The number of amides is 1. The molecule has 0 aromatic heterocycles. The number of piperazine rings is 1. The van der Waals surface area contributed by atoms with Crippen molar-refractivity contribution in [1.29, 1.82) is 0 Å². The third-order valence-electron chi connectivity index (χ3n) is 4.68. The number of benzene rings is 1. The average molecular weight is 355 g/mol. The molecule has 1 saturated heterocycles. The topological polar surface area (TPSA) is 32.3 Å². The molecule has 1 amide bonds. The van der Waals surface area contributed by atoms with Gasteiger partial charge in [0, 0.05) is 29.7 Å². The van der Waals surface area contributed by atoms with Crippen molar-refractivity contribution in [2.75, 3.05) is 19.6 Å². The minimum Gasteiger partial charge on any atom is -0.330 e. The molecule has 1 saturated carbocycles. The zero-order valence-corrected chi connectivity index (χ0v) is 13.6. The Bertz CT molecular complexity index is 515. The molecule has 1 aromatic carbocycles. The monoisotopic (exact) mass is 354 g/mol. The summed E-state index contributed by atoms with van der Waals surface area (Å²) in [4.78, 5) is 14.9. The fourth-order valence-electron chi connectivity index (χ4n) is 3.65. The van der Waals surface area contributed by atoms with E-state index in [1.165, 1.54) is 18.6 Å². The van der Waals surface area contributed by atoms with Crippen LogP contribution in [0.4, 0.5) is 4.39 Å². The summed E-state index contributed by atoms with van der Waals surface area (Å²) in [6, 6.07) is 4.43. The molecule has 114 valence electrons. The molecule has 0 bridgehead atoms. The standard InChI is InChI=1S/C16H20BrFN2O/c17-13-8-12(9-14(18)10-13)15(21)20-7-6-19-11-16(20)4-2-1-3-5-16/h8-10,19H,1-7,11H2. The number of carbonyl (C=O) groups is 1. The van der Waals surface area contributed by atoms with Crippen LogP contribution < -0.4 is 5.32 Å². The molecule has 3 nitrogen and oxygen atoms in total. The predicted octanol–water partition coefficient (Wildman–Crippen LogP) is 3.34. The van der Waals surface area contributed by atoms with Crippen LogP contribution in [0, 0.1) is 5.82 Å². The van der Waals surface area contributed by atoms with E-state index >= 15 is 0 Å². The first kappa shape index (κ1) is 15.0. The van der Waals surface area contributed by atoms with E-state index in [2.05, 4.69) is 21.2 Å². The van der Waals surface area contributed by atoms with Gasteiger partial charge in [-0.05, 0) is 31.0 Å². The van der Waals surface area contributed by atoms with Crippen molar-refractivity contribution in [3.63, 3.8) is 0 Å². The summed E-state index contributed by atoms with van der Waals surface area (Å²) in [6.45, 7) is 2.37. The van der Waals surface area contributed by atoms with E-state index in [1.807, 2.05) is 4.90 Å². The highest BCUT2D eigenvalue weighted by Gasteiger charge is 2.42. The van der Waals surface area contributed by atoms with E-state index in [0.717, 1.165) is 38.8 Å². The number of hydrogen-bond acceptors (Lipinski definition) is 2. The fourth-order valence-corrected chi connectivity index (χ4v) is 4.12. The third-order valence-corrected chi connectivity index (χ3v) is 5.14. The van der Waals surface area contributed by atoms with Crippen LogP contribution in [-0.2, 0) is 0 Å². The molecule has 0 unspecified atom stereocenters.